The summed E-state index contributed by atoms with van der Waals surface area (Å²) in [4.78, 5) is 0.548. The molecule has 0 aromatic heterocycles. The van der Waals surface area contributed by atoms with Crippen LogP contribution in [0.15, 0.2) is 24.3 Å². The predicted octanol–water partition coefficient (Wildman–Crippen LogP) is 2.05. The number of hydrogen-bond acceptors (Lipinski definition) is 1. The van der Waals surface area contributed by atoms with Gasteiger partial charge < -0.3 is 0 Å². The summed E-state index contributed by atoms with van der Waals surface area (Å²) in [6.07, 6.45) is 4.70. The van der Waals surface area contributed by atoms with E-state index in [2.05, 4.69) is 31.2 Å². The van der Waals surface area contributed by atoms with Gasteiger partial charge in [-0.25, -0.2) is 0 Å². The Labute approximate surface area is 98.1 Å². The van der Waals surface area contributed by atoms with Crippen LogP contribution in [-0.2, 0) is 0 Å². The Morgan fingerprint density at radius 3 is 2.67 bits per heavy atom. The van der Waals surface area contributed by atoms with Crippen molar-refractivity contribution in [3.63, 3.8) is 0 Å². The summed E-state index contributed by atoms with van der Waals surface area (Å²) >= 11 is 0.450. The number of aryl methyl sites for hydroxylation is 1. The molecule has 0 radical (unpaired) electrons. The average molecular weight is 269 g/mol. The van der Waals surface area contributed by atoms with Gasteiger partial charge in [-0.2, -0.15) is 0 Å². The van der Waals surface area contributed by atoms with Crippen molar-refractivity contribution in [2.45, 2.75) is 43.5 Å². The molecular weight excluding hydrogens is 251 g/mol. The molecular formula is C13H18OSe. The van der Waals surface area contributed by atoms with Gasteiger partial charge in [-0.3, -0.25) is 0 Å². The first kappa shape index (κ1) is 11.2. The van der Waals surface area contributed by atoms with Crippen LogP contribution < -0.4 is 4.46 Å². The zero-order valence-electron chi connectivity index (χ0n) is 9.15. The van der Waals surface area contributed by atoms with E-state index in [0.29, 0.717) is 19.8 Å². The summed E-state index contributed by atoms with van der Waals surface area (Å²) in [5, 5.41) is 9.94. The van der Waals surface area contributed by atoms with Crippen molar-refractivity contribution in [3.8, 4) is 0 Å². The standard InChI is InChI=1S/C13H18OSe/c1-10-6-2-4-8-12(10)15-13-9-5-3-7-11(13)14/h2,4,6,8,11,13-14H,3,5,7,9H2,1H3. The van der Waals surface area contributed by atoms with E-state index in [1.54, 1.807) is 0 Å². The molecule has 1 saturated carbocycles. The van der Waals surface area contributed by atoms with Crippen molar-refractivity contribution < 1.29 is 5.11 Å². The van der Waals surface area contributed by atoms with E-state index in [0.717, 1.165) is 6.42 Å². The van der Waals surface area contributed by atoms with Gasteiger partial charge in [-0.1, -0.05) is 0 Å². The van der Waals surface area contributed by atoms with Gasteiger partial charge in [0.1, 0.15) is 0 Å². The summed E-state index contributed by atoms with van der Waals surface area (Å²) in [5.41, 5.74) is 1.38. The second-order valence-corrected chi connectivity index (χ2v) is 6.96. The molecule has 1 aliphatic rings. The fraction of sp³-hybridized carbons (Fsp3) is 0.538. The summed E-state index contributed by atoms with van der Waals surface area (Å²) in [6, 6.07) is 8.59. The van der Waals surface area contributed by atoms with E-state index in [1.807, 2.05) is 0 Å². The van der Waals surface area contributed by atoms with E-state index in [1.165, 1.54) is 29.3 Å². The van der Waals surface area contributed by atoms with Gasteiger partial charge in [0, 0.05) is 0 Å². The molecule has 82 valence electrons. The number of rotatable bonds is 2. The molecule has 1 nitrogen and oxygen atoms in total. The van der Waals surface area contributed by atoms with Gasteiger partial charge in [0.2, 0.25) is 0 Å². The zero-order chi connectivity index (χ0) is 10.7. The first-order chi connectivity index (χ1) is 7.27. The van der Waals surface area contributed by atoms with Crippen molar-refractivity contribution in [1.29, 1.82) is 0 Å². The van der Waals surface area contributed by atoms with Crippen molar-refractivity contribution in [1.82, 2.24) is 0 Å². The van der Waals surface area contributed by atoms with Gasteiger partial charge in [0.05, 0.1) is 0 Å². The number of hydrogen-bond donors (Lipinski definition) is 1. The van der Waals surface area contributed by atoms with Crippen LogP contribution in [0.1, 0.15) is 31.2 Å². The Kier molecular flexibility index (Phi) is 3.85. The molecule has 0 aliphatic heterocycles. The molecule has 2 rings (SSSR count). The molecule has 0 spiro atoms. The Morgan fingerprint density at radius 1 is 1.20 bits per heavy atom. The second kappa shape index (κ2) is 5.16. The quantitative estimate of drug-likeness (QED) is 0.815. The average Bonchev–Trinajstić information content (AvgIpc) is 2.24. The fourth-order valence-corrected chi connectivity index (χ4v) is 4.83. The molecule has 2 heteroatoms. The Morgan fingerprint density at radius 2 is 1.93 bits per heavy atom. The third kappa shape index (κ3) is 2.84. The van der Waals surface area contributed by atoms with Crippen molar-refractivity contribution in [2.75, 3.05) is 0 Å². The summed E-state index contributed by atoms with van der Waals surface area (Å²) in [5.74, 6) is 0. The van der Waals surface area contributed by atoms with E-state index in [4.69, 9.17) is 0 Å². The van der Waals surface area contributed by atoms with Crippen molar-refractivity contribution in [2.24, 2.45) is 0 Å². The van der Waals surface area contributed by atoms with Crippen LogP contribution in [0.2, 0.25) is 4.82 Å². The van der Waals surface area contributed by atoms with Gasteiger partial charge in [-0.15, -0.1) is 0 Å². The Bertz CT molecular complexity index is 324. The second-order valence-electron chi connectivity index (χ2n) is 4.27. The molecule has 1 aliphatic carbocycles. The van der Waals surface area contributed by atoms with Crippen LogP contribution in [0, 0.1) is 6.92 Å². The zero-order valence-corrected chi connectivity index (χ0v) is 10.9. The minimum absolute atomic E-state index is 0.0432. The maximum absolute atomic E-state index is 9.94. The Balaban J connectivity index is 2.04. The SMILES string of the molecule is Cc1ccccc1[Se]C1CCCCC1O. The number of aliphatic hydroxyl groups is 1. The molecule has 1 aromatic rings. The van der Waals surface area contributed by atoms with Gasteiger partial charge in [0.25, 0.3) is 0 Å². The van der Waals surface area contributed by atoms with Crippen LogP contribution in [-0.4, -0.2) is 26.2 Å². The van der Waals surface area contributed by atoms with Crippen molar-refractivity contribution in [3.05, 3.63) is 29.8 Å². The third-order valence-electron chi connectivity index (χ3n) is 3.04. The topological polar surface area (TPSA) is 20.2 Å². The number of aliphatic hydroxyl groups excluding tert-OH is 1. The van der Waals surface area contributed by atoms with Crippen LogP contribution in [0.3, 0.4) is 0 Å². The molecule has 0 bridgehead atoms. The summed E-state index contributed by atoms with van der Waals surface area (Å²) in [7, 11) is 0. The first-order valence-electron chi connectivity index (χ1n) is 5.68. The molecule has 1 aromatic carbocycles. The van der Waals surface area contributed by atoms with Gasteiger partial charge in [-0.05, 0) is 0 Å². The van der Waals surface area contributed by atoms with E-state index in [9.17, 15) is 5.11 Å². The van der Waals surface area contributed by atoms with E-state index >= 15 is 0 Å². The molecule has 0 amide bonds. The monoisotopic (exact) mass is 270 g/mol. The maximum atomic E-state index is 9.94. The first-order valence-corrected chi connectivity index (χ1v) is 7.52. The van der Waals surface area contributed by atoms with Crippen LogP contribution in [0.5, 0.6) is 0 Å². The predicted molar refractivity (Wildman–Crippen MR) is 64.8 cm³/mol. The van der Waals surface area contributed by atoms with Gasteiger partial charge in [0.15, 0.2) is 0 Å². The van der Waals surface area contributed by atoms with Gasteiger partial charge >= 0.3 is 97.9 Å². The third-order valence-corrected chi connectivity index (χ3v) is 6.32. The molecule has 2 atom stereocenters. The molecule has 2 unspecified atom stereocenters. The Hall–Kier alpha value is -0.301. The molecule has 1 fully saturated rings. The summed E-state index contributed by atoms with van der Waals surface area (Å²) in [6.45, 7) is 2.17. The fourth-order valence-electron chi connectivity index (χ4n) is 2.07. The van der Waals surface area contributed by atoms with Crippen LogP contribution in [0.25, 0.3) is 0 Å². The minimum atomic E-state index is -0.0432. The summed E-state index contributed by atoms with van der Waals surface area (Å²) < 4.78 is 1.47. The normalized spacial score (nSPS) is 26.5. The number of benzene rings is 1. The molecule has 0 saturated heterocycles. The van der Waals surface area contributed by atoms with Crippen molar-refractivity contribution >= 4 is 19.4 Å². The van der Waals surface area contributed by atoms with Crippen LogP contribution >= 0.6 is 0 Å². The van der Waals surface area contributed by atoms with E-state index < -0.39 is 0 Å². The van der Waals surface area contributed by atoms with E-state index in [-0.39, 0.29) is 6.10 Å². The van der Waals surface area contributed by atoms with Crippen LogP contribution in [0.4, 0.5) is 0 Å². The molecule has 15 heavy (non-hydrogen) atoms. The molecule has 1 N–H and O–H groups in total. The molecule has 0 heterocycles.